The lowest BCUT2D eigenvalue weighted by atomic mass is 9.93. The van der Waals surface area contributed by atoms with Gasteiger partial charge in [0.15, 0.2) is 5.11 Å². The summed E-state index contributed by atoms with van der Waals surface area (Å²) in [5.41, 5.74) is 7.06. The van der Waals surface area contributed by atoms with Crippen LogP contribution in [0.15, 0.2) is 48.7 Å². The van der Waals surface area contributed by atoms with Crippen LogP contribution in [0.25, 0.3) is 5.69 Å². The fraction of sp³-hybridized carbons (Fsp3) is 0.333. The summed E-state index contributed by atoms with van der Waals surface area (Å²) in [6.07, 6.45) is 1.84. The monoisotopic (exact) mass is 438 g/mol. The minimum atomic E-state index is -0.00638. The molecule has 2 unspecified atom stereocenters. The van der Waals surface area contributed by atoms with Crippen molar-refractivity contribution in [1.29, 1.82) is 0 Å². The number of rotatable bonds is 4. The van der Waals surface area contributed by atoms with Crippen LogP contribution in [0.3, 0.4) is 0 Å². The van der Waals surface area contributed by atoms with E-state index in [0.29, 0.717) is 0 Å². The van der Waals surface area contributed by atoms with E-state index in [9.17, 15) is 0 Å². The zero-order chi connectivity index (χ0) is 21.6. The van der Waals surface area contributed by atoms with Gasteiger partial charge in [0, 0.05) is 39.9 Å². The van der Waals surface area contributed by atoms with E-state index in [1.54, 1.807) is 0 Å². The molecular weight excluding hydrogens is 412 g/mol. The number of nitrogens with one attached hydrogen (secondary N) is 1. The van der Waals surface area contributed by atoms with Crippen molar-refractivity contribution in [2.45, 2.75) is 52.7 Å². The zero-order valence-electron chi connectivity index (χ0n) is 18.0. The van der Waals surface area contributed by atoms with Crippen molar-refractivity contribution in [3.8, 4) is 5.69 Å². The van der Waals surface area contributed by atoms with Crippen LogP contribution in [0, 0.1) is 20.8 Å². The average Bonchev–Trinajstić information content (AvgIpc) is 3.16. The molecule has 1 fully saturated rings. The molecule has 1 aromatic carbocycles. The van der Waals surface area contributed by atoms with Gasteiger partial charge in [-0.3, -0.25) is 4.98 Å². The normalized spacial score (nSPS) is 18.9. The molecule has 6 heteroatoms. The summed E-state index contributed by atoms with van der Waals surface area (Å²) in [7, 11) is 0. The van der Waals surface area contributed by atoms with E-state index in [1.165, 1.54) is 22.5 Å². The van der Waals surface area contributed by atoms with E-state index < -0.39 is 0 Å². The molecule has 2 aromatic heterocycles. The summed E-state index contributed by atoms with van der Waals surface area (Å²) in [6.45, 7) is 10.9. The maximum absolute atomic E-state index is 6.30. The van der Waals surface area contributed by atoms with E-state index >= 15 is 0 Å². The summed E-state index contributed by atoms with van der Waals surface area (Å²) in [4.78, 5) is 6.96. The molecule has 1 aliphatic rings. The maximum atomic E-state index is 6.30. The Balaban J connectivity index is 1.92. The number of nitrogens with zero attached hydrogens (tertiary/aromatic N) is 3. The van der Waals surface area contributed by atoms with Crippen LogP contribution >= 0.6 is 23.8 Å². The van der Waals surface area contributed by atoms with E-state index in [-0.39, 0.29) is 18.1 Å². The molecule has 0 aliphatic carbocycles. The Hall–Kier alpha value is -2.37. The number of hydrogen-bond donors (Lipinski definition) is 1. The van der Waals surface area contributed by atoms with Gasteiger partial charge in [0.25, 0.3) is 0 Å². The van der Waals surface area contributed by atoms with Crippen LogP contribution in [0.1, 0.15) is 54.1 Å². The number of aromatic nitrogens is 2. The van der Waals surface area contributed by atoms with Crippen molar-refractivity contribution in [3.63, 3.8) is 0 Å². The predicted octanol–water partition coefficient (Wildman–Crippen LogP) is 5.83. The first-order valence-corrected chi connectivity index (χ1v) is 11.0. The Morgan fingerprint density at radius 1 is 1.07 bits per heavy atom. The Bertz CT molecular complexity index is 1090. The quantitative estimate of drug-likeness (QED) is 0.519. The Kier molecular flexibility index (Phi) is 5.60. The SMILES string of the molecule is Cc1c(C2C(c3ccccn3)NC(=S)N2C(C)C)c(C)n(-c2cccc(Cl)c2)c1C. The van der Waals surface area contributed by atoms with Crippen LogP contribution in [-0.4, -0.2) is 25.6 Å². The largest absolute Gasteiger partial charge is 0.352 e. The predicted molar refractivity (Wildman–Crippen MR) is 127 cm³/mol. The van der Waals surface area contributed by atoms with Crippen LogP contribution < -0.4 is 5.32 Å². The van der Waals surface area contributed by atoms with E-state index in [0.717, 1.165) is 21.5 Å². The van der Waals surface area contributed by atoms with E-state index in [2.05, 4.69) is 66.5 Å². The zero-order valence-corrected chi connectivity index (χ0v) is 19.6. The molecule has 4 rings (SSSR count). The summed E-state index contributed by atoms with van der Waals surface area (Å²) < 4.78 is 2.30. The molecule has 0 bridgehead atoms. The van der Waals surface area contributed by atoms with Gasteiger partial charge in [-0.15, -0.1) is 0 Å². The average molecular weight is 439 g/mol. The first-order chi connectivity index (χ1) is 14.3. The maximum Gasteiger partial charge on any atom is 0.170 e. The van der Waals surface area contributed by atoms with E-state index in [4.69, 9.17) is 23.8 Å². The summed E-state index contributed by atoms with van der Waals surface area (Å²) >= 11 is 12.1. The van der Waals surface area contributed by atoms with Gasteiger partial charge in [0.2, 0.25) is 0 Å². The second kappa shape index (κ2) is 8.05. The minimum absolute atomic E-state index is 0.00638. The van der Waals surface area contributed by atoms with Gasteiger partial charge in [-0.05, 0) is 82.7 Å². The third-order valence-electron chi connectivity index (χ3n) is 6.06. The van der Waals surface area contributed by atoms with Gasteiger partial charge >= 0.3 is 0 Å². The third kappa shape index (κ3) is 3.40. The third-order valence-corrected chi connectivity index (χ3v) is 6.62. The smallest absolute Gasteiger partial charge is 0.170 e. The minimum Gasteiger partial charge on any atom is -0.352 e. The fourth-order valence-corrected chi connectivity index (χ4v) is 5.31. The number of halogens is 1. The highest BCUT2D eigenvalue weighted by Gasteiger charge is 2.43. The molecule has 3 heterocycles. The molecule has 1 saturated heterocycles. The fourth-order valence-electron chi connectivity index (χ4n) is 4.67. The number of pyridine rings is 1. The molecule has 4 nitrogen and oxygen atoms in total. The Labute approximate surface area is 188 Å². The van der Waals surface area contributed by atoms with Gasteiger partial charge in [-0.25, -0.2) is 0 Å². The van der Waals surface area contributed by atoms with Crippen molar-refractivity contribution in [2.75, 3.05) is 0 Å². The van der Waals surface area contributed by atoms with Crippen LogP contribution in [-0.2, 0) is 0 Å². The molecule has 30 heavy (non-hydrogen) atoms. The lowest BCUT2D eigenvalue weighted by molar-refractivity contribution is 0.268. The molecule has 156 valence electrons. The highest BCUT2D eigenvalue weighted by molar-refractivity contribution is 7.80. The van der Waals surface area contributed by atoms with Crippen LogP contribution in [0.5, 0.6) is 0 Å². The molecular formula is C24H27ClN4S. The van der Waals surface area contributed by atoms with Crippen molar-refractivity contribution in [1.82, 2.24) is 19.8 Å². The van der Waals surface area contributed by atoms with Gasteiger partial charge < -0.3 is 14.8 Å². The lowest BCUT2D eigenvalue weighted by Crippen LogP contribution is -2.36. The number of thiocarbonyl (C=S) groups is 1. The molecule has 0 spiro atoms. The van der Waals surface area contributed by atoms with Gasteiger partial charge in [-0.1, -0.05) is 23.7 Å². The van der Waals surface area contributed by atoms with Crippen LogP contribution in [0.4, 0.5) is 0 Å². The summed E-state index contributed by atoms with van der Waals surface area (Å²) in [5, 5.41) is 5.06. The molecule has 1 N–H and O–H groups in total. The molecule has 0 amide bonds. The van der Waals surface area contributed by atoms with E-state index in [1.807, 2.05) is 36.5 Å². The topological polar surface area (TPSA) is 33.1 Å². The first-order valence-electron chi connectivity index (χ1n) is 10.2. The van der Waals surface area contributed by atoms with Gasteiger partial charge in [0.1, 0.15) is 0 Å². The lowest BCUT2D eigenvalue weighted by Gasteiger charge is -2.32. The summed E-state index contributed by atoms with van der Waals surface area (Å²) in [5.74, 6) is 0. The standard InChI is InChI=1S/C24H27ClN4S/c1-14(2)28-23(22(27-24(28)30)20-11-6-7-12-26-20)21-15(3)16(4)29(17(21)5)19-10-8-9-18(25)13-19/h6-14,22-23H,1-5H3,(H,27,30). The molecule has 2 atom stereocenters. The molecule has 3 aromatic rings. The second-order valence-corrected chi connectivity index (χ2v) is 8.98. The van der Waals surface area contributed by atoms with Gasteiger partial charge in [-0.2, -0.15) is 0 Å². The van der Waals surface area contributed by atoms with Crippen LogP contribution in [0.2, 0.25) is 5.02 Å². The number of hydrogen-bond acceptors (Lipinski definition) is 2. The van der Waals surface area contributed by atoms with Crippen molar-refractivity contribution >= 4 is 28.9 Å². The van der Waals surface area contributed by atoms with Gasteiger partial charge in [0.05, 0.1) is 17.8 Å². The first kappa shape index (κ1) is 20.9. The molecule has 0 radical (unpaired) electrons. The van der Waals surface area contributed by atoms with Crippen molar-refractivity contribution < 1.29 is 0 Å². The molecule has 1 aliphatic heterocycles. The Morgan fingerprint density at radius 2 is 1.83 bits per heavy atom. The van der Waals surface area contributed by atoms with Crippen molar-refractivity contribution in [3.05, 3.63) is 81.9 Å². The van der Waals surface area contributed by atoms with Crippen molar-refractivity contribution in [2.24, 2.45) is 0 Å². The highest BCUT2D eigenvalue weighted by Crippen LogP contribution is 2.44. The summed E-state index contributed by atoms with van der Waals surface area (Å²) in [6, 6.07) is 14.4. The number of benzene rings is 1. The highest BCUT2D eigenvalue weighted by atomic mass is 35.5. The second-order valence-electron chi connectivity index (χ2n) is 8.15. The Morgan fingerprint density at radius 3 is 2.47 bits per heavy atom. The molecule has 0 saturated carbocycles.